The highest BCUT2D eigenvalue weighted by Gasteiger charge is 2.34. The first-order valence-corrected chi connectivity index (χ1v) is 8.96. The minimum absolute atomic E-state index is 0.0291. The second-order valence-corrected chi connectivity index (χ2v) is 6.77. The Bertz CT molecular complexity index is 981. The van der Waals surface area contributed by atoms with E-state index in [1.165, 1.54) is 30.3 Å². The molecule has 0 aliphatic heterocycles. The van der Waals surface area contributed by atoms with Gasteiger partial charge in [-0.2, -0.15) is 13.2 Å². The Morgan fingerprint density at radius 2 is 1.43 bits per heavy atom. The molecule has 0 aliphatic carbocycles. The van der Waals surface area contributed by atoms with Crippen molar-refractivity contribution in [3.05, 3.63) is 82.2 Å². The van der Waals surface area contributed by atoms with Crippen LogP contribution in [0.25, 0.3) is 10.8 Å². The van der Waals surface area contributed by atoms with Crippen LogP contribution in [-0.2, 0) is 25.4 Å². The first kappa shape index (κ1) is 20.2. The molecule has 0 spiro atoms. The van der Waals surface area contributed by atoms with Gasteiger partial charge in [-0.1, -0.05) is 37.6 Å². The van der Waals surface area contributed by atoms with E-state index in [1.54, 1.807) is 6.07 Å². The molecule has 0 saturated carbocycles. The highest BCUT2D eigenvalue weighted by atomic mass is 19.4. The van der Waals surface area contributed by atoms with Crippen molar-refractivity contribution in [2.45, 2.75) is 38.8 Å². The monoisotopic (exact) mass is 396 g/mol. The fourth-order valence-corrected chi connectivity index (χ4v) is 3.31. The number of hydrogen-bond donors (Lipinski definition) is 0. The Morgan fingerprint density at radius 3 is 2.04 bits per heavy atom. The summed E-state index contributed by atoms with van der Waals surface area (Å²) in [5.74, 6) is -2.53. The normalized spacial score (nSPS) is 12.0. The lowest BCUT2D eigenvalue weighted by molar-refractivity contribution is -0.139. The lowest BCUT2D eigenvalue weighted by atomic mass is 9.98. The molecule has 148 valence electrons. The largest absolute Gasteiger partial charge is 0.419 e. The van der Waals surface area contributed by atoms with Crippen molar-refractivity contribution >= 4 is 10.8 Å². The van der Waals surface area contributed by atoms with Crippen molar-refractivity contribution in [3.8, 4) is 0 Å². The molecule has 3 rings (SSSR count). The third-order valence-electron chi connectivity index (χ3n) is 4.73. The standard InChI is InChI=1S/C22H18F6/c1-2-3-14-11-19(23)17(20(24)12-14)8-5-13-4-7-16-15(10-13)6-9-18(21(16)25)22(26,27)28/h4,6-7,9-12H,2-3,5,8H2,1H3. The lowest BCUT2D eigenvalue weighted by Gasteiger charge is -2.11. The SMILES string of the molecule is CCCc1cc(F)c(CCc2ccc3c(F)c(C(F)(F)F)ccc3c2)c(F)c1. The van der Waals surface area contributed by atoms with Crippen LogP contribution in [0.5, 0.6) is 0 Å². The molecule has 0 aromatic heterocycles. The average molecular weight is 396 g/mol. The molecule has 0 heterocycles. The Balaban J connectivity index is 1.84. The smallest absolute Gasteiger partial charge is 0.207 e. The molecule has 0 unspecified atom stereocenters. The van der Waals surface area contributed by atoms with Crippen molar-refractivity contribution in [1.29, 1.82) is 0 Å². The zero-order valence-electron chi connectivity index (χ0n) is 15.1. The Hall–Kier alpha value is -2.50. The van der Waals surface area contributed by atoms with Crippen LogP contribution in [0.1, 0.15) is 35.6 Å². The molecule has 0 N–H and O–H groups in total. The van der Waals surface area contributed by atoms with Crippen molar-refractivity contribution in [2.24, 2.45) is 0 Å². The van der Waals surface area contributed by atoms with Crippen LogP contribution < -0.4 is 0 Å². The topological polar surface area (TPSA) is 0 Å². The fourth-order valence-electron chi connectivity index (χ4n) is 3.31. The van der Waals surface area contributed by atoms with Gasteiger partial charge >= 0.3 is 6.18 Å². The van der Waals surface area contributed by atoms with Gasteiger partial charge < -0.3 is 0 Å². The summed E-state index contributed by atoms with van der Waals surface area (Å²) in [6, 6.07) is 8.85. The van der Waals surface area contributed by atoms with Gasteiger partial charge in [0.2, 0.25) is 0 Å². The zero-order chi connectivity index (χ0) is 20.5. The number of aryl methyl sites for hydroxylation is 2. The van der Waals surface area contributed by atoms with Crippen LogP contribution in [0, 0.1) is 17.5 Å². The van der Waals surface area contributed by atoms with Crippen LogP contribution in [0.4, 0.5) is 26.3 Å². The molecule has 28 heavy (non-hydrogen) atoms. The summed E-state index contributed by atoms with van der Waals surface area (Å²) in [5, 5.41) is 0.169. The number of benzene rings is 3. The highest BCUT2D eigenvalue weighted by Crippen LogP contribution is 2.34. The summed E-state index contributed by atoms with van der Waals surface area (Å²) in [6.07, 6.45) is -3.03. The first-order valence-electron chi connectivity index (χ1n) is 8.96. The molecular weight excluding hydrogens is 378 g/mol. The summed E-state index contributed by atoms with van der Waals surface area (Å²) < 4.78 is 81.0. The number of halogens is 6. The van der Waals surface area contributed by atoms with E-state index in [9.17, 15) is 26.3 Å². The lowest BCUT2D eigenvalue weighted by Crippen LogP contribution is -2.08. The molecule has 0 fully saturated rings. The fraction of sp³-hybridized carbons (Fsp3) is 0.273. The molecule has 0 radical (unpaired) electrons. The number of rotatable bonds is 5. The van der Waals surface area contributed by atoms with Gasteiger partial charge in [0, 0.05) is 10.9 Å². The van der Waals surface area contributed by atoms with E-state index in [1.807, 2.05) is 6.92 Å². The minimum atomic E-state index is -4.77. The minimum Gasteiger partial charge on any atom is -0.207 e. The third-order valence-corrected chi connectivity index (χ3v) is 4.73. The van der Waals surface area contributed by atoms with Gasteiger partial charge in [-0.25, -0.2) is 13.2 Å². The summed E-state index contributed by atoms with van der Waals surface area (Å²) in [7, 11) is 0. The van der Waals surface area contributed by atoms with Crippen LogP contribution in [0.3, 0.4) is 0 Å². The van der Waals surface area contributed by atoms with Crippen molar-refractivity contribution in [1.82, 2.24) is 0 Å². The van der Waals surface area contributed by atoms with E-state index in [4.69, 9.17) is 0 Å². The van der Waals surface area contributed by atoms with Gasteiger partial charge in [0.1, 0.15) is 17.5 Å². The van der Waals surface area contributed by atoms with Gasteiger partial charge in [-0.3, -0.25) is 0 Å². The van der Waals surface area contributed by atoms with E-state index >= 15 is 0 Å². The van der Waals surface area contributed by atoms with E-state index in [0.717, 1.165) is 6.42 Å². The Kier molecular flexibility index (Phi) is 5.68. The predicted octanol–water partition coefficient (Wildman–Crippen LogP) is 7.01. The zero-order valence-corrected chi connectivity index (χ0v) is 15.1. The number of hydrogen-bond acceptors (Lipinski definition) is 0. The number of alkyl halides is 3. The summed E-state index contributed by atoms with van der Waals surface area (Å²) in [5.41, 5.74) is -0.0893. The average Bonchev–Trinajstić information content (AvgIpc) is 2.60. The van der Waals surface area contributed by atoms with E-state index in [-0.39, 0.29) is 23.8 Å². The van der Waals surface area contributed by atoms with Gasteiger partial charge in [-0.05, 0) is 54.0 Å². The predicted molar refractivity (Wildman–Crippen MR) is 96.7 cm³/mol. The van der Waals surface area contributed by atoms with Crippen LogP contribution in [-0.4, -0.2) is 0 Å². The molecular formula is C22H18F6. The van der Waals surface area contributed by atoms with Crippen LogP contribution in [0.2, 0.25) is 0 Å². The molecule has 0 nitrogen and oxygen atoms in total. The Labute approximate surface area is 158 Å². The molecule has 0 atom stereocenters. The van der Waals surface area contributed by atoms with E-state index in [0.29, 0.717) is 29.0 Å². The third kappa shape index (κ3) is 4.16. The van der Waals surface area contributed by atoms with Crippen LogP contribution >= 0.6 is 0 Å². The first-order chi connectivity index (χ1) is 13.2. The Morgan fingerprint density at radius 1 is 0.750 bits per heavy atom. The molecule has 3 aromatic carbocycles. The van der Waals surface area contributed by atoms with Crippen molar-refractivity contribution < 1.29 is 26.3 Å². The maximum Gasteiger partial charge on any atom is 0.419 e. The second-order valence-electron chi connectivity index (χ2n) is 6.77. The van der Waals surface area contributed by atoms with Crippen LogP contribution in [0.15, 0.2) is 42.5 Å². The van der Waals surface area contributed by atoms with Gasteiger partial charge in [0.05, 0.1) is 5.56 Å². The van der Waals surface area contributed by atoms with E-state index < -0.39 is 29.2 Å². The highest BCUT2D eigenvalue weighted by molar-refractivity contribution is 5.84. The molecule has 0 aliphatic rings. The molecule has 3 aromatic rings. The summed E-state index contributed by atoms with van der Waals surface area (Å²) in [4.78, 5) is 0. The molecule has 6 heteroatoms. The maximum atomic E-state index is 14.2. The maximum absolute atomic E-state index is 14.2. The van der Waals surface area contributed by atoms with Crippen molar-refractivity contribution in [2.75, 3.05) is 0 Å². The quantitative estimate of drug-likeness (QED) is 0.407. The second kappa shape index (κ2) is 7.86. The van der Waals surface area contributed by atoms with Gasteiger partial charge in [0.15, 0.2) is 0 Å². The molecule has 0 bridgehead atoms. The molecule has 0 saturated heterocycles. The summed E-state index contributed by atoms with van der Waals surface area (Å²) in [6.45, 7) is 1.92. The number of fused-ring (bicyclic) bond motifs is 1. The summed E-state index contributed by atoms with van der Waals surface area (Å²) >= 11 is 0. The van der Waals surface area contributed by atoms with Gasteiger partial charge in [-0.15, -0.1) is 0 Å². The van der Waals surface area contributed by atoms with E-state index in [2.05, 4.69) is 0 Å². The van der Waals surface area contributed by atoms with Gasteiger partial charge in [0.25, 0.3) is 0 Å². The van der Waals surface area contributed by atoms with Crippen molar-refractivity contribution in [3.63, 3.8) is 0 Å². The molecule has 0 amide bonds.